The highest BCUT2D eigenvalue weighted by Crippen LogP contribution is 2.60. The zero-order valence-electron chi connectivity index (χ0n) is 19.6. The van der Waals surface area contributed by atoms with Gasteiger partial charge in [0.05, 0.1) is 21.3 Å². The van der Waals surface area contributed by atoms with Gasteiger partial charge in [-0.1, -0.05) is 0 Å². The van der Waals surface area contributed by atoms with Gasteiger partial charge in [0.2, 0.25) is 5.91 Å². The van der Waals surface area contributed by atoms with Gasteiger partial charge in [0, 0.05) is 30.2 Å². The van der Waals surface area contributed by atoms with Gasteiger partial charge in [0.15, 0.2) is 0 Å². The SMILES string of the molecule is COC(=O)CCC(CCC(=O)OC)(CCC(=O)OC)NC(=O)C12CC3CC(CC(C3)C1)C2. The molecule has 4 bridgehead atoms. The van der Waals surface area contributed by atoms with Crippen LogP contribution in [-0.2, 0) is 33.4 Å². The average molecular weight is 452 g/mol. The lowest BCUT2D eigenvalue weighted by atomic mass is 9.49. The number of hydrogen-bond donors (Lipinski definition) is 1. The van der Waals surface area contributed by atoms with E-state index < -0.39 is 23.4 Å². The molecule has 0 unspecified atom stereocenters. The fourth-order valence-electron chi connectivity index (χ4n) is 6.65. The largest absolute Gasteiger partial charge is 0.469 e. The second-order valence-corrected chi connectivity index (χ2v) is 10.2. The van der Waals surface area contributed by atoms with Crippen molar-refractivity contribution in [2.45, 2.75) is 82.6 Å². The highest BCUT2D eigenvalue weighted by Gasteiger charge is 2.55. The minimum Gasteiger partial charge on any atom is -0.469 e. The minimum atomic E-state index is -0.892. The number of amides is 1. The van der Waals surface area contributed by atoms with Crippen molar-refractivity contribution in [2.75, 3.05) is 21.3 Å². The fraction of sp³-hybridized carbons (Fsp3) is 0.833. The van der Waals surface area contributed by atoms with Gasteiger partial charge in [-0.25, -0.2) is 0 Å². The first kappa shape index (κ1) is 24.5. The lowest BCUT2D eigenvalue weighted by molar-refractivity contribution is -0.151. The highest BCUT2D eigenvalue weighted by molar-refractivity contribution is 5.84. The predicted octanol–water partition coefficient (Wildman–Crippen LogP) is 2.92. The maximum absolute atomic E-state index is 13.8. The molecular weight excluding hydrogens is 414 g/mol. The van der Waals surface area contributed by atoms with Crippen LogP contribution in [0, 0.1) is 23.2 Å². The molecule has 1 N–H and O–H groups in total. The van der Waals surface area contributed by atoms with Crippen molar-refractivity contribution >= 4 is 23.8 Å². The monoisotopic (exact) mass is 451 g/mol. The van der Waals surface area contributed by atoms with Crippen molar-refractivity contribution < 1.29 is 33.4 Å². The number of nitrogens with one attached hydrogen (secondary N) is 1. The Balaban J connectivity index is 1.82. The lowest BCUT2D eigenvalue weighted by Crippen LogP contribution is -2.59. The summed E-state index contributed by atoms with van der Waals surface area (Å²) in [4.78, 5) is 49.6. The molecule has 1 amide bonds. The standard InChI is InChI=1S/C24H37NO7/c1-30-19(26)4-7-24(8-5-20(27)31-2,9-6-21(28)32-3)25-22(29)23-13-16-10-17(14-23)12-18(11-16)15-23/h16-18H,4-15H2,1-3H3,(H,25,29). The Bertz CT molecular complexity index is 646. The van der Waals surface area contributed by atoms with Crippen LogP contribution in [0.1, 0.15) is 77.0 Å². The van der Waals surface area contributed by atoms with E-state index in [-0.39, 0.29) is 49.8 Å². The molecule has 0 atom stereocenters. The van der Waals surface area contributed by atoms with Crippen molar-refractivity contribution in [3.05, 3.63) is 0 Å². The smallest absolute Gasteiger partial charge is 0.305 e. The van der Waals surface area contributed by atoms with Gasteiger partial charge in [-0.2, -0.15) is 0 Å². The van der Waals surface area contributed by atoms with E-state index in [2.05, 4.69) is 5.32 Å². The maximum Gasteiger partial charge on any atom is 0.305 e. The predicted molar refractivity (Wildman–Crippen MR) is 115 cm³/mol. The van der Waals surface area contributed by atoms with Crippen molar-refractivity contribution in [1.29, 1.82) is 0 Å². The number of carbonyl (C=O) groups excluding carboxylic acids is 4. The number of ether oxygens (including phenoxy) is 3. The Morgan fingerprint density at radius 1 is 0.719 bits per heavy atom. The Labute approximate surface area is 190 Å². The van der Waals surface area contributed by atoms with E-state index in [0.29, 0.717) is 17.8 Å². The fourth-order valence-corrected chi connectivity index (χ4v) is 6.65. The molecule has 0 aromatic heterocycles. The summed E-state index contributed by atoms with van der Waals surface area (Å²) in [5, 5.41) is 3.26. The molecule has 0 aromatic rings. The zero-order chi connectivity index (χ0) is 23.4. The van der Waals surface area contributed by atoms with Gasteiger partial charge in [0.25, 0.3) is 0 Å². The molecular formula is C24H37NO7. The number of carbonyl (C=O) groups is 4. The Morgan fingerprint density at radius 3 is 1.38 bits per heavy atom. The van der Waals surface area contributed by atoms with Crippen molar-refractivity contribution in [3.63, 3.8) is 0 Å². The van der Waals surface area contributed by atoms with E-state index in [1.807, 2.05) is 0 Å². The van der Waals surface area contributed by atoms with E-state index in [1.54, 1.807) is 0 Å². The molecule has 4 fully saturated rings. The summed E-state index contributed by atoms with van der Waals surface area (Å²) in [5.74, 6) is 0.666. The summed E-state index contributed by atoms with van der Waals surface area (Å²) in [6, 6.07) is 0. The Hall–Kier alpha value is -2.12. The summed E-state index contributed by atoms with van der Waals surface area (Å²) in [7, 11) is 3.96. The van der Waals surface area contributed by atoms with Crippen LogP contribution in [0.5, 0.6) is 0 Å². The van der Waals surface area contributed by atoms with Gasteiger partial charge in [-0.3, -0.25) is 19.2 Å². The lowest BCUT2D eigenvalue weighted by Gasteiger charge is -2.56. The Morgan fingerprint density at radius 2 is 1.06 bits per heavy atom. The second-order valence-electron chi connectivity index (χ2n) is 10.2. The maximum atomic E-state index is 13.8. The first-order chi connectivity index (χ1) is 15.2. The minimum absolute atomic E-state index is 0.0104. The van der Waals surface area contributed by atoms with Crippen molar-refractivity contribution in [1.82, 2.24) is 5.32 Å². The van der Waals surface area contributed by atoms with Crippen LogP contribution in [0.15, 0.2) is 0 Å². The van der Waals surface area contributed by atoms with Gasteiger partial charge >= 0.3 is 17.9 Å². The second kappa shape index (κ2) is 10.2. The first-order valence-electron chi connectivity index (χ1n) is 11.8. The molecule has 8 nitrogen and oxygen atoms in total. The molecule has 32 heavy (non-hydrogen) atoms. The average Bonchev–Trinajstić information content (AvgIpc) is 2.78. The highest BCUT2D eigenvalue weighted by atomic mass is 16.5. The number of hydrogen-bond acceptors (Lipinski definition) is 7. The van der Waals surface area contributed by atoms with Crippen LogP contribution in [0.2, 0.25) is 0 Å². The summed E-state index contributed by atoms with van der Waals surface area (Å²) in [6.45, 7) is 0. The molecule has 8 heteroatoms. The van der Waals surface area contributed by atoms with E-state index in [1.165, 1.54) is 40.6 Å². The van der Waals surface area contributed by atoms with Crippen LogP contribution in [0.3, 0.4) is 0 Å². The van der Waals surface area contributed by atoms with Crippen molar-refractivity contribution in [2.24, 2.45) is 23.2 Å². The quantitative estimate of drug-likeness (QED) is 0.380. The van der Waals surface area contributed by atoms with Crippen LogP contribution < -0.4 is 5.32 Å². The number of rotatable bonds is 11. The van der Waals surface area contributed by atoms with Gasteiger partial charge in [0.1, 0.15) is 0 Å². The zero-order valence-corrected chi connectivity index (χ0v) is 19.6. The van der Waals surface area contributed by atoms with E-state index in [0.717, 1.165) is 19.3 Å². The molecule has 4 aliphatic rings. The topological polar surface area (TPSA) is 108 Å². The van der Waals surface area contributed by atoms with Gasteiger partial charge in [-0.05, 0) is 75.5 Å². The van der Waals surface area contributed by atoms with E-state index in [9.17, 15) is 19.2 Å². The van der Waals surface area contributed by atoms with Crippen LogP contribution in [0.25, 0.3) is 0 Å². The molecule has 4 saturated carbocycles. The molecule has 0 radical (unpaired) electrons. The van der Waals surface area contributed by atoms with Crippen LogP contribution >= 0.6 is 0 Å². The molecule has 0 aromatic carbocycles. The summed E-state index contributed by atoms with van der Waals surface area (Å²) >= 11 is 0. The third-order valence-electron chi connectivity index (χ3n) is 8.00. The number of esters is 3. The van der Waals surface area contributed by atoms with Gasteiger partial charge in [-0.15, -0.1) is 0 Å². The molecule has 0 aliphatic heterocycles. The molecule has 0 saturated heterocycles. The summed E-state index contributed by atoms with van der Waals surface area (Å²) in [6.07, 6.45) is 7.51. The summed E-state index contributed by atoms with van der Waals surface area (Å²) in [5.41, 5.74) is -1.27. The van der Waals surface area contributed by atoms with E-state index >= 15 is 0 Å². The number of methoxy groups -OCH3 is 3. The third kappa shape index (κ3) is 5.62. The summed E-state index contributed by atoms with van der Waals surface area (Å²) < 4.78 is 14.4. The normalized spacial score (nSPS) is 28.2. The molecule has 4 rings (SSSR count). The first-order valence-corrected chi connectivity index (χ1v) is 11.8. The molecule has 180 valence electrons. The molecule has 4 aliphatic carbocycles. The van der Waals surface area contributed by atoms with Gasteiger partial charge < -0.3 is 19.5 Å². The van der Waals surface area contributed by atoms with Crippen LogP contribution in [-0.4, -0.2) is 50.7 Å². The Kier molecular flexibility index (Phi) is 7.83. The van der Waals surface area contributed by atoms with Crippen LogP contribution in [0.4, 0.5) is 0 Å². The third-order valence-corrected chi connectivity index (χ3v) is 8.00. The molecule has 0 heterocycles. The molecule has 0 spiro atoms. The van der Waals surface area contributed by atoms with E-state index in [4.69, 9.17) is 14.2 Å². The van der Waals surface area contributed by atoms with Crippen molar-refractivity contribution in [3.8, 4) is 0 Å².